The summed E-state index contributed by atoms with van der Waals surface area (Å²) < 4.78 is 2.32. The van der Waals surface area contributed by atoms with Crippen LogP contribution in [0.4, 0.5) is 5.13 Å². The lowest BCUT2D eigenvalue weighted by Crippen LogP contribution is -2.30. The van der Waals surface area contributed by atoms with Crippen LogP contribution < -0.4 is 4.90 Å². The summed E-state index contributed by atoms with van der Waals surface area (Å²) >= 11 is 5.36. The maximum absolute atomic E-state index is 4.81. The van der Waals surface area contributed by atoms with Gasteiger partial charge in [-0.3, -0.25) is 0 Å². The van der Waals surface area contributed by atoms with Crippen LogP contribution in [0.25, 0.3) is 10.2 Å². The third-order valence-electron chi connectivity index (χ3n) is 3.76. The monoisotopic (exact) mass is 344 g/mol. The van der Waals surface area contributed by atoms with E-state index < -0.39 is 0 Å². The van der Waals surface area contributed by atoms with Crippen LogP contribution in [0.3, 0.4) is 0 Å². The van der Waals surface area contributed by atoms with Crippen molar-refractivity contribution in [1.82, 2.24) is 4.98 Å². The molecule has 1 aliphatic heterocycles. The van der Waals surface area contributed by atoms with Crippen molar-refractivity contribution in [1.29, 1.82) is 0 Å². The fourth-order valence-corrected chi connectivity index (χ4v) is 4.30. The zero-order valence-electron chi connectivity index (χ0n) is 10.8. The highest BCUT2D eigenvalue weighted by molar-refractivity contribution is 9.10. The first kappa shape index (κ1) is 12.4. The summed E-state index contributed by atoms with van der Waals surface area (Å²) in [5.41, 5.74) is 3.98. The number of hydrogen-bond acceptors (Lipinski definition) is 3. The molecule has 1 aliphatic rings. The molecule has 0 fully saturated rings. The first-order valence-electron chi connectivity index (χ1n) is 6.68. The molecule has 0 N–H and O–H groups in total. The van der Waals surface area contributed by atoms with Gasteiger partial charge < -0.3 is 4.90 Å². The Kier molecular flexibility index (Phi) is 3.00. The molecule has 4 heteroatoms. The van der Waals surface area contributed by atoms with Crippen molar-refractivity contribution in [2.45, 2.75) is 13.0 Å². The van der Waals surface area contributed by atoms with Crippen LogP contribution in [-0.4, -0.2) is 11.5 Å². The summed E-state index contributed by atoms with van der Waals surface area (Å²) in [6.07, 6.45) is 1.10. The number of halogens is 1. The number of hydrogen-bond donors (Lipinski definition) is 0. The minimum Gasteiger partial charge on any atom is -0.343 e. The molecule has 100 valence electrons. The molecular formula is C16H13BrN2S. The Hall–Kier alpha value is -1.39. The van der Waals surface area contributed by atoms with Gasteiger partial charge in [0.05, 0.1) is 10.2 Å². The summed E-state index contributed by atoms with van der Waals surface area (Å²) in [5, 5.41) is 1.13. The van der Waals surface area contributed by atoms with Gasteiger partial charge in [0.1, 0.15) is 0 Å². The molecule has 0 atom stereocenters. The normalized spacial score (nSPS) is 14.6. The molecule has 0 spiro atoms. The van der Waals surface area contributed by atoms with Crippen molar-refractivity contribution in [3.05, 3.63) is 58.1 Å². The second kappa shape index (κ2) is 4.86. The van der Waals surface area contributed by atoms with E-state index >= 15 is 0 Å². The van der Waals surface area contributed by atoms with E-state index in [9.17, 15) is 0 Å². The molecule has 0 unspecified atom stereocenters. The Balaban J connectivity index is 1.72. The number of anilines is 1. The predicted octanol–water partition coefficient (Wildman–Crippen LogP) is 4.62. The molecule has 3 aromatic rings. The zero-order chi connectivity index (χ0) is 13.5. The van der Waals surface area contributed by atoms with E-state index in [0.29, 0.717) is 0 Å². The number of fused-ring (bicyclic) bond motifs is 2. The molecule has 2 heterocycles. The molecule has 0 amide bonds. The fraction of sp³-hybridized carbons (Fsp3) is 0.188. The lowest BCUT2D eigenvalue weighted by atomic mass is 10.0. The van der Waals surface area contributed by atoms with Gasteiger partial charge in [0.15, 0.2) is 5.13 Å². The maximum Gasteiger partial charge on any atom is 0.186 e. The Labute approximate surface area is 130 Å². The summed E-state index contributed by atoms with van der Waals surface area (Å²) in [6.45, 7) is 2.02. The third kappa shape index (κ3) is 2.03. The van der Waals surface area contributed by atoms with Gasteiger partial charge in [0.25, 0.3) is 0 Å². The summed E-state index contributed by atoms with van der Waals surface area (Å²) in [4.78, 5) is 7.19. The molecule has 0 saturated carbocycles. The van der Waals surface area contributed by atoms with Gasteiger partial charge in [-0.1, -0.05) is 41.7 Å². The number of rotatable bonds is 1. The van der Waals surface area contributed by atoms with E-state index in [4.69, 9.17) is 4.98 Å². The van der Waals surface area contributed by atoms with Crippen LogP contribution in [0.15, 0.2) is 46.9 Å². The third-order valence-corrected chi connectivity index (χ3v) is 5.48. The van der Waals surface area contributed by atoms with E-state index in [0.717, 1.165) is 34.6 Å². The molecule has 2 nitrogen and oxygen atoms in total. The molecule has 4 rings (SSSR count). The molecule has 0 aliphatic carbocycles. The van der Waals surface area contributed by atoms with E-state index in [1.54, 1.807) is 11.3 Å². The van der Waals surface area contributed by atoms with Gasteiger partial charge in [-0.05, 0) is 45.6 Å². The van der Waals surface area contributed by atoms with Gasteiger partial charge in [-0.25, -0.2) is 4.98 Å². The molecular weight excluding hydrogens is 332 g/mol. The first-order chi connectivity index (χ1) is 9.81. The molecule has 1 aromatic heterocycles. The number of benzene rings is 2. The van der Waals surface area contributed by atoms with Crippen molar-refractivity contribution in [3.8, 4) is 0 Å². The summed E-state index contributed by atoms with van der Waals surface area (Å²) in [5.74, 6) is 0. The van der Waals surface area contributed by atoms with E-state index in [-0.39, 0.29) is 0 Å². The largest absolute Gasteiger partial charge is 0.343 e. The maximum atomic E-state index is 4.81. The lowest BCUT2D eigenvalue weighted by Gasteiger charge is -2.28. The van der Waals surface area contributed by atoms with Crippen LogP contribution in [0.2, 0.25) is 0 Å². The van der Waals surface area contributed by atoms with Crippen LogP contribution in [0.5, 0.6) is 0 Å². The zero-order valence-corrected chi connectivity index (χ0v) is 13.2. The summed E-state index contributed by atoms with van der Waals surface area (Å²) in [7, 11) is 0. The van der Waals surface area contributed by atoms with Crippen molar-refractivity contribution >= 4 is 42.6 Å². The molecule has 0 radical (unpaired) electrons. The lowest BCUT2D eigenvalue weighted by molar-refractivity contribution is 0.730. The second-order valence-corrected chi connectivity index (χ2v) is 6.89. The van der Waals surface area contributed by atoms with Gasteiger partial charge >= 0.3 is 0 Å². The van der Waals surface area contributed by atoms with Gasteiger partial charge in [0, 0.05) is 17.6 Å². The fourth-order valence-electron chi connectivity index (χ4n) is 2.70. The molecule has 0 bridgehead atoms. The highest BCUT2D eigenvalue weighted by atomic mass is 79.9. The van der Waals surface area contributed by atoms with E-state index in [1.165, 1.54) is 15.8 Å². The van der Waals surface area contributed by atoms with Crippen LogP contribution >= 0.6 is 27.3 Å². The minimum atomic E-state index is 0.966. The number of para-hydroxylation sites is 1. The van der Waals surface area contributed by atoms with Crippen molar-refractivity contribution < 1.29 is 0 Å². The number of thiazole rings is 1. The Morgan fingerprint density at radius 2 is 1.90 bits per heavy atom. The van der Waals surface area contributed by atoms with Crippen LogP contribution in [0, 0.1) is 0 Å². The quantitative estimate of drug-likeness (QED) is 0.640. The standard InChI is InChI=1S/C16H13BrN2S/c17-13-6-3-7-14-15(13)18-16(20-14)19-9-8-11-4-1-2-5-12(11)10-19/h1-7H,8-10H2. The van der Waals surface area contributed by atoms with Crippen molar-refractivity contribution in [2.75, 3.05) is 11.4 Å². The average Bonchev–Trinajstić information content (AvgIpc) is 2.92. The highest BCUT2D eigenvalue weighted by Gasteiger charge is 2.19. The summed E-state index contributed by atoms with van der Waals surface area (Å²) in [6, 6.07) is 15.0. The number of aromatic nitrogens is 1. The van der Waals surface area contributed by atoms with Crippen LogP contribution in [-0.2, 0) is 13.0 Å². The Morgan fingerprint density at radius 1 is 1.05 bits per heavy atom. The van der Waals surface area contributed by atoms with E-state index in [2.05, 4.69) is 63.3 Å². The topological polar surface area (TPSA) is 16.1 Å². The smallest absolute Gasteiger partial charge is 0.186 e. The van der Waals surface area contributed by atoms with E-state index in [1.807, 2.05) is 0 Å². The number of nitrogens with zero attached hydrogens (tertiary/aromatic N) is 2. The van der Waals surface area contributed by atoms with Gasteiger partial charge in [0.2, 0.25) is 0 Å². The molecule has 0 saturated heterocycles. The van der Waals surface area contributed by atoms with Crippen molar-refractivity contribution in [3.63, 3.8) is 0 Å². The first-order valence-corrected chi connectivity index (χ1v) is 8.29. The minimum absolute atomic E-state index is 0.966. The Morgan fingerprint density at radius 3 is 2.75 bits per heavy atom. The van der Waals surface area contributed by atoms with Crippen LogP contribution in [0.1, 0.15) is 11.1 Å². The Bertz CT molecular complexity index is 781. The highest BCUT2D eigenvalue weighted by Crippen LogP contribution is 2.34. The second-order valence-electron chi connectivity index (χ2n) is 5.02. The van der Waals surface area contributed by atoms with Crippen molar-refractivity contribution in [2.24, 2.45) is 0 Å². The van der Waals surface area contributed by atoms with Gasteiger partial charge in [-0.2, -0.15) is 0 Å². The van der Waals surface area contributed by atoms with Gasteiger partial charge in [-0.15, -0.1) is 0 Å². The average molecular weight is 345 g/mol. The SMILES string of the molecule is Brc1cccc2sc(N3CCc4ccccc4C3)nc12. The predicted molar refractivity (Wildman–Crippen MR) is 88.5 cm³/mol. The molecule has 20 heavy (non-hydrogen) atoms. The molecule has 2 aromatic carbocycles.